The van der Waals surface area contributed by atoms with Crippen molar-refractivity contribution in [3.63, 3.8) is 0 Å². The van der Waals surface area contributed by atoms with Crippen molar-refractivity contribution in [3.8, 4) is 0 Å². The van der Waals surface area contributed by atoms with Crippen LogP contribution < -0.4 is 11.5 Å². The van der Waals surface area contributed by atoms with E-state index in [1.54, 1.807) is 17.8 Å². The largest absolute Gasteiger partial charge is 0.383 e. The maximum atomic E-state index is 5.65. The van der Waals surface area contributed by atoms with Gasteiger partial charge in [0.25, 0.3) is 0 Å². The zero-order valence-electron chi connectivity index (χ0n) is 9.35. The molecule has 16 heavy (non-hydrogen) atoms. The summed E-state index contributed by atoms with van der Waals surface area (Å²) in [6, 6.07) is 1.59. The zero-order valence-corrected chi connectivity index (χ0v) is 10.2. The van der Waals surface area contributed by atoms with Crippen molar-refractivity contribution in [2.24, 2.45) is 0 Å². The van der Waals surface area contributed by atoms with Crippen LogP contribution in [0.25, 0.3) is 0 Å². The third-order valence-electron chi connectivity index (χ3n) is 2.82. The molecular weight excluding hydrogens is 220 g/mol. The Morgan fingerprint density at radius 1 is 1.00 bits per heavy atom. The van der Waals surface area contributed by atoms with Gasteiger partial charge in [-0.1, -0.05) is 37.4 Å². The molecule has 0 bridgehead atoms. The Hall–Kier alpha value is -0.970. The van der Waals surface area contributed by atoms with Gasteiger partial charge in [-0.05, 0) is 12.8 Å². The summed E-state index contributed by atoms with van der Waals surface area (Å²) in [6.45, 7) is 0. The summed E-state index contributed by atoms with van der Waals surface area (Å²) in [7, 11) is 0. The quantitative estimate of drug-likeness (QED) is 0.611. The molecule has 1 heterocycles. The van der Waals surface area contributed by atoms with Crippen LogP contribution in [0, 0.1) is 0 Å². The summed E-state index contributed by atoms with van der Waals surface area (Å²) in [5, 5.41) is 1.35. The average molecular weight is 238 g/mol. The van der Waals surface area contributed by atoms with Crippen molar-refractivity contribution >= 4 is 23.4 Å². The van der Waals surface area contributed by atoms with Crippen LogP contribution >= 0.6 is 11.8 Å². The number of nitrogens with two attached hydrogens (primary N) is 2. The van der Waals surface area contributed by atoms with E-state index in [0.717, 1.165) is 5.16 Å². The molecule has 0 aliphatic heterocycles. The Morgan fingerprint density at radius 3 is 2.12 bits per heavy atom. The monoisotopic (exact) mass is 238 g/mol. The van der Waals surface area contributed by atoms with Gasteiger partial charge in [-0.25, -0.2) is 9.97 Å². The number of rotatable bonds is 2. The molecule has 0 amide bonds. The molecule has 1 aromatic rings. The summed E-state index contributed by atoms with van der Waals surface area (Å²) in [5.74, 6) is 0.923. The van der Waals surface area contributed by atoms with Gasteiger partial charge < -0.3 is 11.5 Å². The average Bonchev–Trinajstić information content (AvgIpc) is 2.44. The molecule has 0 aromatic carbocycles. The van der Waals surface area contributed by atoms with Crippen molar-refractivity contribution in [3.05, 3.63) is 6.07 Å². The normalized spacial score (nSPS) is 18.2. The molecule has 5 heteroatoms. The molecular formula is C11H18N4S. The highest BCUT2D eigenvalue weighted by atomic mass is 32.2. The van der Waals surface area contributed by atoms with Gasteiger partial charge in [-0.15, -0.1) is 0 Å². The first-order valence-electron chi connectivity index (χ1n) is 5.81. The molecule has 1 aromatic heterocycles. The highest BCUT2D eigenvalue weighted by Gasteiger charge is 2.15. The number of nitrogen functional groups attached to an aromatic ring is 2. The second-order valence-electron chi connectivity index (χ2n) is 4.23. The first-order chi connectivity index (χ1) is 7.74. The Morgan fingerprint density at radius 2 is 1.56 bits per heavy atom. The van der Waals surface area contributed by atoms with Gasteiger partial charge in [-0.2, -0.15) is 0 Å². The molecule has 0 saturated heterocycles. The molecule has 0 unspecified atom stereocenters. The van der Waals surface area contributed by atoms with Crippen LogP contribution in [0.15, 0.2) is 11.2 Å². The van der Waals surface area contributed by atoms with Crippen molar-refractivity contribution in [2.75, 3.05) is 11.5 Å². The van der Waals surface area contributed by atoms with Crippen molar-refractivity contribution in [2.45, 2.75) is 48.9 Å². The molecule has 88 valence electrons. The van der Waals surface area contributed by atoms with Gasteiger partial charge >= 0.3 is 0 Å². The minimum atomic E-state index is 0.462. The first kappa shape index (κ1) is 11.5. The van der Waals surface area contributed by atoms with E-state index >= 15 is 0 Å². The van der Waals surface area contributed by atoms with Crippen LogP contribution in [-0.2, 0) is 0 Å². The van der Waals surface area contributed by atoms with E-state index < -0.39 is 0 Å². The lowest BCUT2D eigenvalue weighted by atomic mass is 10.2. The van der Waals surface area contributed by atoms with E-state index in [1.165, 1.54) is 38.5 Å². The zero-order chi connectivity index (χ0) is 11.4. The van der Waals surface area contributed by atoms with Crippen LogP contribution in [0.4, 0.5) is 11.6 Å². The van der Waals surface area contributed by atoms with Gasteiger partial charge in [0.05, 0.1) is 0 Å². The number of hydrogen-bond acceptors (Lipinski definition) is 5. The summed E-state index contributed by atoms with van der Waals surface area (Å²) < 4.78 is 0. The molecule has 0 radical (unpaired) electrons. The summed E-state index contributed by atoms with van der Waals surface area (Å²) >= 11 is 1.72. The lowest BCUT2D eigenvalue weighted by Crippen LogP contribution is -2.04. The highest BCUT2D eigenvalue weighted by Crippen LogP contribution is 2.31. The molecule has 4 nitrogen and oxygen atoms in total. The Labute approximate surface area is 100 Å². The Balaban J connectivity index is 2.01. The van der Waals surface area contributed by atoms with Gasteiger partial charge in [0, 0.05) is 11.3 Å². The fourth-order valence-corrected chi connectivity index (χ4v) is 3.21. The van der Waals surface area contributed by atoms with Crippen molar-refractivity contribution < 1.29 is 0 Å². The number of nitrogens with zero attached hydrogens (tertiary/aromatic N) is 2. The van der Waals surface area contributed by atoms with Crippen molar-refractivity contribution in [1.82, 2.24) is 9.97 Å². The fourth-order valence-electron chi connectivity index (χ4n) is 2.02. The van der Waals surface area contributed by atoms with E-state index in [9.17, 15) is 0 Å². The maximum absolute atomic E-state index is 5.65. The summed E-state index contributed by atoms with van der Waals surface area (Å²) in [4.78, 5) is 8.42. The lowest BCUT2D eigenvalue weighted by molar-refractivity contribution is 0.702. The minimum Gasteiger partial charge on any atom is -0.383 e. The lowest BCUT2D eigenvalue weighted by Gasteiger charge is -2.12. The van der Waals surface area contributed by atoms with E-state index in [2.05, 4.69) is 9.97 Å². The molecule has 1 saturated carbocycles. The molecule has 1 fully saturated rings. The van der Waals surface area contributed by atoms with Crippen LogP contribution in [0.5, 0.6) is 0 Å². The second kappa shape index (κ2) is 5.39. The Bertz CT molecular complexity index is 328. The van der Waals surface area contributed by atoms with Gasteiger partial charge in [0.1, 0.15) is 11.6 Å². The molecule has 2 rings (SSSR count). The van der Waals surface area contributed by atoms with Gasteiger partial charge in [0.15, 0.2) is 5.16 Å². The van der Waals surface area contributed by atoms with Crippen LogP contribution in [-0.4, -0.2) is 15.2 Å². The van der Waals surface area contributed by atoms with Crippen LogP contribution in [0.3, 0.4) is 0 Å². The molecule has 1 aliphatic carbocycles. The number of thioether (sulfide) groups is 1. The molecule has 4 N–H and O–H groups in total. The third-order valence-corrected chi connectivity index (χ3v) is 4.02. The molecule has 0 atom stereocenters. The smallest absolute Gasteiger partial charge is 0.191 e. The molecule has 0 spiro atoms. The summed E-state index contributed by atoms with van der Waals surface area (Å²) in [6.07, 6.45) is 7.85. The topological polar surface area (TPSA) is 77.8 Å². The van der Waals surface area contributed by atoms with E-state index in [0.29, 0.717) is 16.9 Å². The maximum Gasteiger partial charge on any atom is 0.191 e. The van der Waals surface area contributed by atoms with Crippen LogP contribution in [0.2, 0.25) is 0 Å². The highest BCUT2D eigenvalue weighted by molar-refractivity contribution is 7.99. The van der Waals surface area contributed by atoms with E-state index in [1.807, 2.05) is 0 Å². The first-order valence-corrected chi connectivity index (χ1v) is 6.69. The number of aromatic nitrogens is 2. The van der Waals surface area contributed by atoms with Gasteiger partial charge in [0.2, 0.25) is 0 Å². The molecule has 1 aliphatic rings. The second-order valence-corrected chi connectivity index (χ2v) is 5.50. The van der Waals surface area contributed by atoms with E-state index in [4.69, 9.17) is 11.5 Å². The minimum absolute atomic E-state index is 0.462. The van der Waals surface area contributed by atoms with Gasteiger partial charge in [-0.3, -0.25) is 0 Å². The standard InChI is InChI=1S/C11H18N4S/c12-9-7-10(13)15-11(14-9)16-8-5-3-1-2-4-6-8/h7-8H,1-6H2,(H4,12,13,14,15). The summed E-state index contributed by atoms with van der Waals surface area (Å²) in [5.41, 5.74) is 11.3. The third kappa shape index (κ3) is 3.27. The predicted molar refractivity (Wildman–Crippen MR) is 68.2 cm³/mol. The predicted octanol–water partition coefficient (Wildman–Crippen LogP) is 2.46. The van der Waals surface area contributed by atoms with Crippen molar-refractivity contribution in [1.29, 1.82) is 0 Å². The Kier molecular flexibility index (Phi) is 3.88. The SMILES string of the molecule is Nc1cc(N)nc(SC2CCCCCC2)n1. The number of anilines is 2. The number of hydrogen-bond donors (Lipinski definition) is 2. The van der Waals surface area contributed by atoms with Crippen LogP contribution in [0.1, 0.15) is 38.5 Å². The fraction of sp³-hybridized carbons (Fsp3) is 0.636. The van der Waals surface area contributed by atoms with E-state index in [-0.39, 0.29) is 0 Å².